The van der Waals surface area contributed by atoms with Crippen LogP contribution >= 0.6 is 0 Å². The number of hydrogen-bond acceptors (Lipinski definition) is 5. The molecule has 0 bridgehead atoms. The van der Waals surface area contributed by atoms with E-state index in [4.69, 9.17) is 0 Å². The van der Waals surface area contributed by atoms with Crippen LogP contribution in [0, 0.1) is 0 Å². The second kappa shape index (κ2) is 7.07. The summed E-state index contributed by atoms with van der Waals surface area (Å²) >= 11 is 0. The topological polar surface area (TPSA) is 83.3 Å². The number of aliphatic hydroxyl groups is 1. The Kier molecular flexibility index (Phi) is 4.63. The third-order valence-corrected chi connectivity index (χ3v) is 5.52. The van der Waals surface area contributed by atoms with E-state index in [0.29, 0.717) is 12.4 Å². The lowest BCUT2D eigenvalue weighted by atomic mass is 9.95. The van der Waals surface area contributed by atoms with E-state index in [1.165, 1.54) is 5.56 Å². The maximum Gasteiger partial charge on any atom is 0.255 e. The molecule has 138 valence electrons. The van der Waals surface area contributed by atoms with Gasteiger partial charge in [0.2, 0.25) is 0 Å². The maximum absolute atomic E-state index is 13.2. The number of amides is 1. The van der Waals surface area contributed by atoms with Crippen molar-refractivity contribution in [2.45, 2.75) is 38.2 Å². The molecule has 1 aromatic heterocycles. The van der Waals surface area contributed by atoms with Crippen LogP contribution in [0.15, 0.2) is 18.2 Å². The molecular weight excluding hydrogens is 330 g/mol. The van der Waals surface area contributed by atoms with Gasteiger partial charge < -0.3 is 19.9 Å². The molecule has 1 fully saturated rings. The number of nitrogens with zero attached hydrogens (tertiary/aromatic N) is 4. The van der Waals surface area contributed by atoms with Gasteiger partial charge in [0.25, 0.3) is 5.91 Å². The molecule has 7 nitrogen and oxygen atoms in total. The van der Waals surface area contributed by atoms with Crippen molar-refractivity contribution in [2.24, 2.45) is 7.05 Å². The first-order valence-corrected chi connectivity index (χ1v) is 9.33. The summed E-state index contributed by atoms with van der Waals surface area (Å²) in [6, 6.07) is 6.01. The van der Waals surface area contributed by atoms with Crippen LogP contribution in [0.3, 0.4) is 0 Å². The minimum absolute atomic E-state index is 0.0884. The number of aryl methyl sites for hydroxylation is 1. The third kappa shape index (κ3) is 2.96. The Bertz CT molecular complexity index is 816. The average molecular weight is 355 g/mol. The highest BCUT2D eigenvalue weighted by Gasteiger charge is 2.30. The van der Waals surface area contributed by atoms with E-state index in [2.05, 4.69) is 21.6 Å². The van der Waals surface area contributed by atoms with Crippen LogP contribution in [-0.4, -0.2) is 50.3 Å². The average Bonchev–Trinajstić information content (AvgIpc) is 3.07. The molecule has 26 heavy (non-hydrogen) atoms. The Morgan fingerprint density at radius 1 is 1.35 bits per heavy atom. The molecule has 0 radical (unpaired) electrons. The minimum atomic E-state index is -0.124. The van der Waals surface area contributed by atoms with E-state index in [-0.39, 0.29) is 18.4 Å². The lowest BCUT2D eigenvalue weighted by Crippen LogP contribution is -2.40. The summed E-state index contributed by atoms with van der Waals surface area (Å²) in [4.78, 5) is 15.1. The second-order valence-electron chi connectivity index (χ2n) is 7.15. The fourth-order valence-corrected chi connectivity index (χ4v) is 4.10. The van der Waals surface area contributed by atoms with Crippen molar-refractivity contribution in [2.75, 3.05) is 25.0 Å². The van der Waals surface area contributed by atoms with Gasteiger partial charge in [0, 0.05) is 32.6 Å². The summed E-state index contributed by atoms with van der Waals surface area (Å²) in [5.74, 6) is 1.65. The molecule has 1 amide bonds. The number of piperidine rings is 1. The Labute approximate surface area is 153 Å². The molecule has 4 rings (SSSR count). The molecular formula is C19H25N5O2. The molecule has 0 spiro atoms. The first-order valence-electron chi connectivity index (χ1n) is 9.33. The molecule has 2 aliphatic rings. The number of rotatable bonds is 3. The fourth-order valence-electron chi connectivity index (χ4n) is 4.10. The number of carbonyl (C=O) groups excluding carboxylic acids is 1. The lowest BCUT2D eigenvalue weighted by Gasteiger charge is -2.33. The van der Waals surface area contributed by atoms with E-state index in [1.54, 1.807) is 0 Å². The molecule has 1 aromatic carbocycles. The predicted octanol–water partition coefficient (Wildman–Crippen LogP) is 1.69. The summed E-state index contributed by atoms with van der Waals surface area (Å²) in [5, 5.41) is 21.0. The SMILES string of the molecule is Cn1c(CO)nnc1C1CCCN(C(=O)c2cccc3c2NCCC3)C1. The van der Waals surface area contributed by atoms with Crippen LogP contribution in [-0.2, 0) is 20.1 Å². The van der Waals surface area contributed by atoms with Crippen molar-refractivity contribution in [3.63, 3.8) is 0 Å². The van der Waals surface area contributed by atoms with Crippen LogP contribution in [0.4, 0.5) is 5.69 Å². The van der Waals surface area contributed by atoms with Crippen molar-refractivity contribution < 1.29 is 9.90 Å². The van der Waals surface area contributed by atoms with Gasteiger partial charge >= 0.3 is 0 Å². The van der Waals surface area contributed by atoms with Gasteiger partial charge in [-0.3, -0.25) is 4.79 Å². The van der Waals surface area contributed by atoms with Crippen LogP contribution < -0.4 is 5.32 Å². The quantitative estimate of drug-likeness (QED) is 0.875. The maximum atomic E-state index is 13.2. The van der Waals surface area contributed by atoms with Crippen molar-refractivity contribution >= 4 is 11.6 Å². The highest BCUT2D eigenvalue weighted by Crippen LogP contribution is 2.30. The normalized spacial score (nSPS) is 19.8. The summed E-state index contributed by atoms with van der Waals surface area (Å²) in [5.41, 5.74) is 3.01. The van der Waals surface area contributed by atoms with E-state index < -0.39 is 0 Å². The number of hydrogen-bond donors (Lipinski definition) is 2. The van der Waals surface area contributed by atoms with Crippen molar-refractivity contribution in [1.82, 2.24) is 19.7 Å². The number of benzene rings is 1. The highest BCUT2D eigenvalue weighted by atomic mass is 16.3. The van der Waals surface area contributed by atoms with Gasteiger partial charge in [0.05, 0.1) is 11.3 Å². The van der Waals surface area contributed by atoms with Crippen LogP contribution in [0.1, 0.15) is 52.8 Å². The standard InChI is InChI=1S/C19H25N5O2/c1-23-16(12-25)21-22-18(23)14-7-4-10-24(11-14)19(26)15-8-2-5-13-6-3-9-20-17(13)15/h2,5,8,14,20,25H,3-4,6-7,9-12H2,1H3. The van der Waals surface area contributed by atoms with Gasteiger partial charge in [-0.15, -0.1) is 10.2 Å². The van der Waals surface area contributed by atoms with Crippen LogP contribution in [0.5, 0.6) is 0 Å². The summed E-state index contributed by atoms with van der Waals surface area (Å²) in [6.45, 7) is 2.20. The highest BCUT2D eigenvalue weighted by molar-refractivity contribution is 6.00. The summed E-state index contributed by atoms with van der Waals surface area (Å²) in [6.07, 6.45) is 4.05. The Morgan fingerprint density at radius 3 is 3.04 bits per heavy atom. The lowest BCUT2D eigenvalue weighted by molar-refractivity contribution is 0.0704. The molecule has 1 saturated heterocycles. The monoisotopic (exact) mass is 355 g/mol. The molecule has 7 heteroatoms. The van der Waals surface area contributed by atoms with Gasteiger partial charge in [-0.05, 0) is 37.3 Å². The summed E-state index contributed by atoms with van der Waals surface area (Å²) in [7, 11) is 1.87. The molecule has 0 aliphatic carbocycles. The van der Waals surface area contributed by atoms with Crippen LogP contribution in [0.2, 0.25) is 0 Å². The molecule has 1 unspecified atom stereocenters. The smallest absolute Gasteiger partial charge is 0.255 e. The molecule has 2 aromatic rings. The van der Waals surface area contributed by atoms with Gasteiger partial charge in [0.1, 0.15) is 12.4 Å². The number of carbonyl (C=O) groups is 1. The number of aliphatic hydroxyl groups excluding tert-OH is 1. The van der Waals surface area contributed by atoms with E-state index in [0.717, 1.165) is 55.8 Å². The molecule has 3 heterocycles. The van der Waals surface area contributed by atoms with Gasteiger partial charge in [-0.2, -0.15) is 0 Å². The third-order valence-electron chi connectivity index (χ3n) is 5.52. The number of fused-ring (bicyclic) bond motifs is 1. The zero-order chi connectivity index (χ0) is 18.1. The zero-order valence-corrected chi connectivity index (χ0v) is 15.1. The zero-order valence-electron chi connectivity index (χ0n) is 15.1. The molecule has 0 saturated carbocycles. The Hall–Kier alpha value is -2.41. The largest absolute Gasteiger partial charge is 0.388 e. The van der Waals surface area contributed by atoms with E-state index in [1.807, 2.05) is 28.6 Å². The Morgan fingerprint density at radius 2 is 2.23 bits per heavy atom. The predicted molar refractivity (Wildman–Crippen MR) is 98.1 cm³/mol. The number of likely N-dealkylation sites (tertiary alicyclic amines) is 1. The molecule has 2 aliphatic heterocycles. The number of nitrogens with one attached hydrogen (secondary N) is 1. The van der Waals surface area contributed by atoms with E-state index in [9.17, 15) is 9.90 Å². The molecule has 2 N–H and O–H groups in total. The number of anilines is 1. The van der Waals surface area contributed by atoms with Crippen LogP contribution in [0.25, 0.3) is 0 Å². The van der Waals surface area contributed by atoms with Gasteiger partial charge in [-0.1, -0.05) is 12.1 Å². The number of para-hydroxylation sites is 1. The minimum Gasteiger partial charge on any atom is -0.388 e. The van der Waals surface area contributed by atoms with Crippen molar-refractivity contribution in [1.29, 1.82) is 0 Å². The second-order valence-corrected chi connectivity index (χ2v) is 7.15. The fraction of sp³-hybridized carbons (Fsp3) is 0.526. The summed E-state index contributed by atoms with van der Waals surface area (Å²) < 4.78 is 1.85. The van der Waals surface area contributed by atoms with E-state index >= 15 is 0 Å². The Balaban J connectivity index is 1.56. The number of aromatic nitrogens is 3. The molecule has 1 atom stereocenters. The van der Waals surface area contributed by atoms with Gasteiger partial charge in [-0.25, -0.2) is 0 Å². The first kappa shape index (κ1) is 17.0. The van der Waals surface area contributed by atoms with Gasteiger partial charge in [0.15, 0.2) is 5.82 Å². The van der Waals surface area contributed by atoms with Crippen molar-refractivity contribution in [3.8, 4) is 0 Å². The van der Waals surface area contributed by atoms with Crippen molar-refractivity contribution in [3.05, 3.63) is 41.0 Å². The first-order chi connectivity index (χ1) is 12.7.